The van der Waals surface area contributed by atoms with Gasteiger partial charge in [0, 0.05) is 19.3 Å². The minimum Gasteiger partial charge on any atom is -0.462 e. The molecule has 0 spiro atoms. The van der Waals surface area contributed by atoms with Crippen molar-refractivity contribution in [2.45, 2.75) is 264 Å². The summed E-state index contributed by atoms with van der Waals surface area (Å²) in [5, 5.41) is 0. The molecule has 418 valence electrons. The minimum absolute atomic E-state index is 0.109. The lowest BCUT2D eigenvalue weighted by Crippen LogP contribution is -2.30. The number of esters is 3. The van der Waals surface area contributed by atoms with Gasteiger partial charge in [-0.3, -0.25) is 14.4 Å². The molecule has 0 aromatic carbocycles. The molecular formula is C68H110O6. The quantitative estimate of drug-likeness (QED) is 0.0261. The molecule has 0 aliphatic carbocycles. The largest absolute Gasteiger partial charge is 0.462 e. The first-order valence-corrected chi connectivity index (χ1v) is 30.2. The summed E-state index contributed by atoms with van der Waals surface area (Å²) in [4.78, 5) is 38.1. The summed E-state index contributed by atoms with van der Waals surface area (Å²) < 4.78 is 16.8. The predicted molar refractivity (Wildman–Crippen MR) is 320 cm³/mol. The Bertz CT molecular complexity index is 1600. The third-order valence-electron chi connectivity index (χ3n) is 12.4. The minimum atomic E-state index is -0.817. The molecular weight excluding hydrogens is 913 g/mol. The molecule has 0 aromatic rings. The highest BCUT2D eigenvalue weighted by Gasteiger charge is 2.19. The van der Waals surface area contributed by atoms with E-state index in [0.29, 0.717) is 19.3 Å². The van der Waals surface area contributed by atoms with E-state index in [2.05, 4.69) is 142 Å². The number of ether oxygens (including phenoxy) is 3. The monoisotopic (exact) mass is 1020 g/mol. The van der Waals surface area contributed by atoms with E-state index in [0.717, 1.165) is 122 Å². The van der Waals surface area contributed by atoms with Gasteiger partial charge in [-0.25, -0.2) is 0 Å². The Balaban J connectivity index is 4.33. The molecule has 74 heavy (non-hydrogen) atoms. The Labute approximate surface area is 455 Å². The number of hydrogen-bond acceptors (Lipinski definition) is 6. The van der Waals surface area contributed by atoms with E-state index in [1.807, 2.05) is 12.2 Å². The van der Waals surface area contributed by atoms with Gasteiger partial charge in [0.2, 0.25) is 0 Å². The lowest BCUT2D eigenvalue weighted by atomic mass is 10.1. The smallest absolute Gasteiger partial charge is 0.306 e. The Kier molecular flexibility index (Phi) is 57.4. The third-order valence-corrected chi connectivity index (χ3v) is 12.4. The molecule has 6 heteroatoms. The summed E-state index contributed by atoms with van der Waals surface area (Å²) in [7, 11) is 0. The first kappa shape index (κ1) is 69.5. The standard InChI is InChI=1S/C68H110O6/c1-4-7-10-13-16-19-22-25-27-28-29-30-31-32-33-34-35-36-37-38-39-40-41-44-46-49-52-55-58-61-67(70)73-64-65(63-72-66(69)60-57-54-51-48-45-42-24-21-18-15-12-9-6-3)74-68(71)62-59-56-53-50-47-43-26-23-20-17-14-11-8-5-2/h7,9-10,12,16,18-19,21,23,25-27,29-30,32-33,35-36,42,45,51,54,65H,4-6,8,11,13-15,17,20,22,24,28,31,34,37-41,43-44,46-50,52-53,55-64H2,1-3H3/b10-7-,12-9-,19-16-,21-18-,26-23-,27-25-,30-29-,33-32-,36-35-,45-42-,54-51-. The maximum atomic E-state index is 12.8. The number of unbranched alkanes of at least 4 members (excludes halogenated alkanes) is 20. The van der Waals surface area contributed by atoms with Gasteiger partial charge in [0.25, 0.3) is 0 Å². The van der Waals surface area contributed by atoms with Gasteiger partial charge < -0.3 is 14.2 Å². The van der Waals surface area contributed by atoms with Crippen LogP contribution < -0.4 is 0 Å². The number of carbonyl (C=O) groups excluding carboxylic acids is 3. The van der Waals surface area contributed by atoms with Crippen LogP contribution in [0.25, 0.3) is 0 Å². The van der Waals surface area contributed by atoms with E-state index in [9.17, 15) is 14.4 Å². The van der Waals surface area contributed by atoms with Crippen LogP contribution in [0.4, 0.5) is 0 Å². The van der Waals surface area contributed by atoms with E-state index in [-0.39, 0.29) is 37.5 Å². The van der Waals surface area contributed by atoms with Crippen molar-refractivity contribution in [2.75, 3.05) is 13.2 Å². The Morgan fingerprint density at radius 3 is 0.919 bits per heavy atom. The fraction of sp³-hybridized carbons (Fsp3) is 0.632. The predicted octanol–water partition coefficient (Wildman–Crippen LogP) is 20.6. The van der Waals surface area contributed by atoms with Gasteiger partial charge in [-0.1, -0.05) is 251 Å². The molecule has 0 saturated carbocycles. The molecule has 0 amide bonds. The van der Waals surface area contributed by atoms with Crippen molar-refractivity contribution in [1.29, 1.82) is 0 Å². The molecule has 0 aliphatic rings. The Hall–Kier alpha value is -4.45. The first-order chi connectivity index (χ1) is 36.5. The second kappa shape index (κ2) is 61.1. The van der Waals surface area contributed by atoms with Crippen molar-refractivity contribution in [3.63, 3.8) is 0 Å². The summed E-state index contributed by atoms with van der Waals surface area (Å²) in [6.07, 6.45) is 86.1. The number of rotatable bonds is 53. The Morgan fingerprint density at radius 1 is 0.284 bits per heavy atom. The Morgan fingerprint density at radius 2 is 0.554 bits per heavy atom. The van der Waals surface area contributed by atoms with Gasteiger partial charge in [0.05, 0.1) is 0 Å². The topological polar surface area (TPSA) is 78.9 Å². The van der Waals surface area contributed by atoms with Crippen molar-refractivity contribution < 1.29 is 28.6 Å². The van der Waals surface area contributed by atoms with Crippen LogP contribution in [-0.2, 0) is 28.6 Å². The van der Waals surface area contributed by atoms with Crippen LogP contribution in [0, 0.1) is 0 Å². The fourth-order valence-electron chi connectivity index (χ4n) is 7.92. The van der Waals surface area contributed by atoms with Crippen LogP contribution in [0.1, 0.15) is 258 Å². The zero-order chi connectivity index (χ0) is 53.6. The second-order valence-corrected chi connectivity index (χ2v) is 19.5. The van der Waals surface area contributed by atoms with E-state index in [4.69, 9.17) is 14.2 Å². The molecule has 0 fully saturated rings. The number of hydrogen-bond donors (Lipinski definition) is 0. The average Bonchev–Trinajstić information content (AvgIpc) is 3.40. The molecule has 6 nitrogen and oxygen atoms in total. The average molecular weight is 1020 g/mol. The highest BCUT2D eigenvalue weighted by Crippen LogP contribution is 2.14. The molecule has 0 saturated heterocycles. The highest BCUT2D eigenvalue weighted by molar-refractivity contribution is 5.71. The maximum absolute atomic E-state index is 12.8. The SMILES string of the molecule is CC/C=C\C/C=C\C/C=C\C/C=C\C/C=C\C/C=C\CCCCCCCCCCCCC(=O)OCC(COC(=O)CC/C=C\C/C=C\C/C=C\C/C=C\CC)OC(=O)CCCCCCC/C=C\CCCCCCC. The van der Waals surface area contributed by atoms with Crippen LogP contribution >= 0.6 is 0 Å². The van der Waals surface area contributed by atoms with Gasteiger partial charge in [-0.05, 0) is 122 Å². The summed E-state index contributed by atoms with van der Waals surface area (Å²) in [6.45, 7) is 6.32. The van der Waals surface area contributed by atoms with Gasteiger partial charge in [0.15, 0.2) is 6.10 Å². The number of allylic oxidation sites excluding steroid dienone is 22. The highest BCUT2D eigenvalue weighted by atomic mass is 16.6. The third kappa shape index (κ3) is 58.4. The normalized spacial score (nSPS) is 13.1. The van der Waals surface area contributed by atoms with E-state index in [1.165, 1.54) is 89.9 Å². The molecule has 0 N–H and O–H groups in total. The van der Waals surface area contributed by atoms with Crippen molar-refractivity contribution >= 4 is 17.9 Å². The molecule has 0 heterocycles. The lowest BCUT2D eigenvalue weighted by molar-refractivity contribution is -0.166. The summed E-state index contributed by atoms with van der Waals surface area (Å²) in [5.41, 5.74) is 0. The van der Waals surface area contributed by atoms with E-state index >= 15 is 0 Å². The summed E-state index contributed by atoms with van der Waals surface area (Å²) in [6, 6.07) is 0. The van der Waals surface area contributed by atoms with Crippen LogP contribution in [0.3, 0.4) is 0 Å². The van der Waals surface area contributed by atoms with Crippen molar-refractivity contribution in [1.82, 2.24) is 0 Å². The van der Waals surface area contributed by atoms with Gasteiger partial charge in [-0.2, -0.15) is 0 Å². The van der Waals surface area contributed by atoms with Gasteiger partial charge in [-0.15, -0.1) is 0 Å². The van der Waals surface area contributed by atoms with Crippen molar-refractivity contribution in [2.24, 2.45) is 0 Å². The lowest BCUT2D eigenvalue weighted by Gasteiger charge is -2.18. The first-order valence-electron chi connectivity index (χ1n) is 30.2. The second-order valence-electron chi connectivity index (χ2n) is 19.5. The van der Waals surface area contributed by atoms with Crippen LogP contribution in [0.15, 0.2) is 134 Å². The van der Waals surface area contributed by atoms with Crippen LogP contribution in [0.5, 0.6) is 0 Å². The maximum Gasteiger partial charge on any atom is 0.306 e. The zero-order valence-electron chi connectivity index (χ0n) is 47.8. The van der Waals surface area contributed by atoms with Crippen LogP contribution in [0.2, 0.25) is 0 Å². The summed E-state index contributed by atoms with van der Waals surface area (Å²) in [5.74, 6) is -1.01. The van der Waals surface area contributed by atoms with Crippen molar-refractivity contribution in [3.05, 3.63) is 134 Å². The summed E-state index contributed by atoms with van der Waals surface area (Å²) >= 11 is 0. The van der Waals surface area contributed by atoms with E-state index < -0.39 is 6.10 Å². The molecule has 1 atom stereocenters. The van der Waals surface area contributed by atoms with E-state index in [1.54, 1.807) is 0 Å². The molecule has 0 radical (unpaired) electrons. The van der Waals surface area contributed by atoms with Gasteiger partial charge in [0.1, 0.15) is 13.2 Å². The molecule has 0 aromatic heterocycles. The van der Waals surface area contributed by atoms with Crippen molar-refractivity contribution in [3.8, 4) is 0 Å². The molecule has 1 unspecified atom stereocenters. The van der Waals surface area contributed by atoms with Gasteiger partial charge >= 0.3 is 17.9 Å². The molecule has 0 bridgehead atoms. The van der Waals surface area contributed by atoms with Crippen LogP contribution in [-0.4, -0.2) is 37.2 Å². The zero-order valence-corrected chi connectivity index (χ0v) is 47.8. The number of carbonyl (C=O) groups is 3. The molecule has 0 rings (SSSR count). The molecule has 0 aliphatic heterocycles. The fourth-order valence-corrected chi connectivity index (χ4v) is 7.92.